The summed E-state index contributed by atoms with van der Waals surface area (Å²) in [6.07, 6.45) is 10.5. The molecule has 0 radical (unpaired) electrons. The number of anilines is 1. The molecule has 1 aromatic rings. The highest BCUT2D eigenvalue weighted by Gasteiger charge is 2.36. The third-order valence-electron chi connectivity index (χ3n) is 3.98. The Morgan fingerprint density at radius 3 is 2.79 bits per heavy atom. The van der Waals surface area contributed by atoms with E-state index in [4.69, 9.17) is 4.99 Å². The quantitative estimate of drug-likeness (QED) is 0.897. The molecule has 1 aromatic heterocycles. The summed E-state index contributed by atoms with van der Waals surface area (Å²) < 4.78 is 1.97. The fourth-order valence-electron chi connectivity index (χ4n) is 2.82. The minimum absolute atomic E-state index is 0.235. The van der Waals surface area contributed by atoms with Crippen LogP contribution in [0.25, 0.3) is 0 Å². The molecule has 19 heavy (non-hydrogen) atoms. The average Bonchev–Trinajstić information content (AvgIpc) is 2.99. The second-order valence-corrected chi connectivity index (χ2v) is 6.88. The van der Waals surface area contributed by atoms with Gasteiger partial charge in [-0.2, -0.15) is 5.10 Å². The van der Waals surface area contributed by atoms with Crippen LogP contribution in [0.3, 0.4) is 0 Å². The fourth-order valence-corrected chi connectivity index (χ4v) is 4.03. The summed E-state index contributed by atoms with van der Waals surface area (Å²) in [5, 5.41) is 8.84. The average molecular weight is 278 g/mol. The van der Waals surface area contributed by atoms with Crippen LogP contribution in [-0.2, 0) is 0 Å². The second-order valence-electron chi connectivity index (χ2n) is 5.92. The van der Waals surface area contributed by atoms with Gasteiger partial charge in [0.1, 0.15) is 0 Å². The van der Waals surface area contributed by atoms with Crippen molar-refractivity contribution in [3.63, 3.8) is 0 Å². The van der Waals surface area contributed by atoms with Crippen LogP contribution in [0.5, 0.6) is 0 Å². The largest absolute Gasteiger partial charge is 0.332 e. The van der Waals surface area contributed by atoms with E-state index in [1.807, 2.05) is 22.6 Å². The maximum atomic E-state index is 4.96. The lowest BCUT2D eigenvalue weighted by molar-refractivity contribution is 0.335. The Labute approximate surface area is 119 Å². The van der Waals surface area contributed by atoms with Gasteiger partial charge in [0.05, 0.1) is 17.4 Å². The summed E-state index contributed by atoms with van der Waals surface area (Å²) in [6, 6.07) is 0.401. The van der Waals surface area contributed by atoms with Gasteiger partial charge in [0.25, 0.3) is 0 Å². The van der Waals surface area contributed by atoms with Crippen molar-refractivity contribution >= 4 is 22.6 Å². The first-order valence-electron chi connectivity index (χ1n) is 7.21. The number of nitrogens with one attached hydrogen (secondary N) is 1. The van der Waals surface area contributed by atoms with Gasteiger partial charge in [0, 0.05) is 18.0 Å². The summed E-state index contributed by atoms with van der Waals surface area (Å²) in [5.41, 5.74) is 1.28. The predicted molar refractivity (Wildman–Crippen MR) is 81.9 cm³/mol. The highest BCUT2D eigenvalue weighted by atomic mass is 32.2. The van der Waals surface area contributed by atoms with Crippen LogP contribution >= 0.6 is 11.8 Å². The van der Waals surface area contributed by atoms with Gasteiger partial charge in [0.2, 0.25) is 0 Å². The molecule has 5 heteroatoms. The lowest BCUT2D eigenvalue weighted by Gasteiger charge is -2.29. The summed E-state index contributed by atoms with van der Waals surface area (Å²) in [4.78, 5) is 4.96. The first kappa shape index (κ1) is 13.0. The van der Waals surface area contributed by atoms with E-state index in [9.17, 15) is 0 Å². The molecule has 1 saturated carbocycles. The minimum atomic E-state index is 0.235. The van der Waals surface area contributed by atoms with E-state index in [0.717, 1.165) is 16.6 Å². The summed E-state index contributed by atoms with van der Waals surface area (Å²) in [5.74, 6) is 1.15. The van der Waals surface area contributed by atoms with E-state index < -0.39 is 0 Å². The van der Waals surface area contributed by atoms with E-state index in [2.05, 4.69) is 30.5 Å². The van der Waals surface area contributed by atoms with Crippen LogP contribution in [-0.4, -0.2) is 26.2 Å². The zero-order chi connectivity index (χ0) is 13.3. The first-order valence-corrected chi connectivity index (χ1v) is 8.19. The summed E-state index contributed by atoms with van der Waals surface area (Å²) >= 11 is 1.86. The SMILES string of the molecule is CC(C)n1cc(NC2=NC3(CCCCC3)CS2)cn1. The van der Waals surface area contributed by atoms with Crippen LogP contribution in [0.2, 0.25) is 0 Å². The van der Waals surface area contributed by atoms with Crippen LogP contribution in [0.15, 0.2) is 17.4 Å². The van der Waals surface area contributed by atoms with E-state index in [0.29, 0.717) is 6.04 Å². The molecule has 4 nitrogen and oxygen atoms in total. The van der Waals surface area contributed by atoms with E-state index in [1.165, 1.54) is 32.1 Å². The Morgan fingerprint density at radius 2 is 2.11 bits per heavy atom. The van der Waals surface area contributed by atoms with Crippen LogP contribution in [0, 0.1) is 0 Å². The molecule has 0 saturated heterocycles. The van der Waals surface area contributed by atoms with Gasteiger partial charge in [-0.15, -0.1) is 0 Å². The van der Waals surface area contributed by atoms with E-state index in [1.54, 1.807) is 0 Å². The molecule has 0 aromatic carbocycles. The molecule has 2 heterocycles. The van der Waals surface area contributed by atoms with Gasteiger partial charge in [-0.1, -0.05) is 31.0 Å². The van der Waals surface area contributed by atoms with E-state index in [-0.39, 0.29) is 5.54 Å². The molecule has 1 aliphatic carbocycles. The van der Waals surface area contributed by atoms with Gasteiger partial charge in [-0.3, -0.25) is 9.67 Å². The fraction of sp³-hybridized carbons (Fsp3) is 0.714. The van der Waals surface area contributed by atoms with Gasteiger partial charge < -0.3 is 5.32 Å². The Balaban J connectivity index is 1.68. The number of hydrogen-bond acceptors (Lipinski definition) is 4. The molecule has 0 atom stereocenters. The maximum Gasteiger partial charge on any atom is 0.161 e. The summed E-state index contributed by atoms with van der Waals surface area (Å²) in [7, 11) is 0. The molecule has 0 bridgehead atoms. The zero-order valence-electron chi connectivity index (χ0n) is 11.7. The van der Waals surface area contributed by atoms with Crippen LogP contribution in [0.4, 0.5) is 5.69 Å². The first-order chi connectivity index (χ1) is 9.17. The number of aromatic nitrogens is 2. The molecule has 2 aliphatic rings. The molecule has 1 spiro atoms. The van der Waals surface area contributed by atoms with Crippen LogP contribution in [0.1, 0.15) is 52.0 Å². The number of hydrogen-bond donors (Lipinski definition) is 1. The van der Waals surface area contributed by atoms with Crippen molar-refractivity contribution < 1.29 is 0 Å². The number of aliphatic imine (C=N–C) groups is 1. The van der Waals surface area contributed by atoms with Crippen molar-refractivity contribution in [3.8, 4) is 0 Å². The topological polar surface area (TPSA) is 42.2 Å². The standard InChI is InChI=1S/C14H22N4S/c1-11(2)18-9-12(8-15-18)16-13-17-14(10-19-13)6-4-3-5-7-14/h8-9,11H,3-7,10H2,1-2H3,(H,16,17). The van der Waals surface area contributed by atoms with Crippen molar-refractivity contribution in [3.05, 3.63) is 12.4 Å². The molecule has 1 aliphatic heterocycles. The zero-order valence-corrected chi connectivity index (χ0v) is 12.5. The normalized spacial score (nSPS) is 21.9. The lowest BCUT2D eigenvalue weighted by atomic mass is 9.84. The highest BCUT2D eigenvalue weighted by Crippen LogP contribution is 2.39. The highest BCUT2D eigenvalue weighted by molar-refractivity contribution is 8.14. The number of amidine groups is 1. The lowest BCUT2D eigenvalue weighted by Crippen LogP contribution is -2.29. The monoisotopic (exact) mass is 278 g/mol. The molecule has 1 fully saturated rings. The maximum absolute atomic E-state index is 4.96. The smallest absolute Gasteiger partial charge is 0.161 e. The molecule has 0 amide bonds. The van der Waals surface area contributed by atoms with Crippen molar-refractivity contribution in [2.45, 2.75) is 57.5 Å². The van der Waals surface area contributed by atoms with Crippen molar-refractivity contribution in [1.29, 1.82) is 0 Å². The van der Waals surface area contributed by atoms with Gasteiger partial charge in [-0.05, 0) is 26.7 Å². The molecular formula is C14H22N4S. The van der Waals surface area contributed by atoms with Crippen molar-refractivity contribution in [1.82, 2.24) is 9.78 Å². The molecule has 1 N–H and O–H groups in total. The third kappa shape index (κ3) is 2.81. The molecular weight excluding hydrogens is 256 g/mol. The Kier molecular flexibility index (Phi) is 3.56. The molecule has 3 rings (SSSR count). The Morgan fingerprint density at radius 1 is 1.32 bits per heavy atom. The molecule has 0 unspecified atom stereocenters. The number of thioether (sulfide) groups is 1. The third-order valence-corrected chi connectivity index (χ3v) is 5.13. The van der Waals surface area contributed by atoms with E-state index >= 15 is 0 Å². The van der Waals surface area contributed by atoms with Crippen LogP contribution < -0.4 is 5.32 Å². The van der Waals surface area contributed by atoms with Crippen molar-refractivity contribution in [2.75, 3.05) is 11.1 Å². The van der Waals surface area contributed by atoms with Gasteiger partial charge >= 0.3 is 0 Å². The van der Waals surface area contributed by atoms with Gasteiger partial charge in [0.15, 0.2) is 5.17 Å². The Bertz CT molecular complexity index is 472. The second kappa shape index (κ2) is 5.19. The minimum Gasteiger partial charge on any atom is -0.332 e. The Hall–Kier alpha value is -0.970. The predicted octanol–water partition coefficient (Wildman–Crippen LogP) is 3.68. The number of rotatable bonds is 2. The summed E-state index contributed by atoms with van der Waals surface area (Å²) in [6.45, 7) is 4.27. The molecule has 104 valence electrons. The van der Waals surface area contributed by atoms with Crippen molar-refractivity contribution in [2.24, 2.45) is 4.99 Å². The number of nitrogens with zero attached hydrogens (tertiary/aromatic N) is 3. The van der Waals surface area contributed by atoms with Gasteiger partial charge in [-0.25, -0.2) is 0 Å².